The maximum Gasteiger partial charge on any atom is 0.226 e. The van der Waals surface area contributed by atoms with E-state index in [1.165, 1.54) is 0 Å². The van der Waals surface area contributed by atoms with Gasteiger partial charge in [0.25, 0.3) is 0 Å². The predicted molar refractivity (Wildman–Crippen MR) is 75.7 cm³/mol. The van der Waals surface area contributed by atoms with E-state index in [1.807, 2.05) is 31.3 Å². The smallest absolute Gasteiger partial charge is 0.226 e. The predicted octanol–water partition coefficient (Wildman–Crippen LogP) is 2.56. The number of imidazole rings is 1. The average molecular weight is 255 g/mol. The molecule has 0 atom stereocenters. The highest BCUT2D eigenvalue weighted by molar-refractivity contribution is 6.00. The molecule has 3 rings (SSSR count). The van der Waals surface area contributed by atoms with Gasteiger partial charge < -0.3 is 9.77 Å². The molecule has 0 fully saturated rings. The summed E-state index contributed by atoms with van der Waals surface area (Å²) in [6.07, 6.45) is 2.49. The van der Waals surface area contributed by atoms with Gasteiger partial charge in [-0.1, -0.05) is 26.0 Å². The summed E-state index contributed by atoms with van der Waals surface area (Å²) >= 11 is 0. The van der Waals surface area contributed by atoms with Gasteiger partial charge in [-0.15, -0.1) is 0 Å². The summed E-state index contributed by atoms with van der Waals surface area (Å²) in [7, 11) is 2.02. The average Bonchev–Trinajstić information content (AvgIpc) is 2.66. The third-order valence-corrected chi connectivity index (χ3v) is 3.44. The number of nitrogens with zero attached hydrogens (tertiary/aromatic N) is 3. The lowest BCUT2D eigenvalue weighted by Crippen LogP contribution is -2.26. The zero-order valence-corrected chi connectivity index (χ0v) is 11.4. The lowest BCUT2D eigenvalue weighted by Gasteiger charge is -2.06. The van der Waals surface area contributed by atoms with Gasteiger partial charge in [-0.2, -0.15) is 4.73 Å². The molecule has 0 amide bonds. The molecule has 98 valence electrons. The summed E-state index contributed by atoms with van der Waals surface area (Å²) < 4.78 is 3.02. The Balaban J connectivity index is 2.38. The van der Waals surface area contributed by atoms with Crippen LogP contribution < -0.4 is 4.73 Å². The Morgan fingerprint density at radius 2 is 2.05 bits per heavy atom. The Morgan fingerprint density at radius 3 is 2.79 bits per heavy atom. The molecule has 1 aromatic carbocycles. The second-order valence-corrected chi connectivity index (χ2v) is 5.39. The third kappa shape index (κ3) is 1.84. The van der Waals surface area contributed by atoms with Gasteiger partial charge in [0.15, 0.2) is 5.52 Å². The van der Waals surface area contributed by atoms with Crippen molar-refractivity contribution >= 4 is 21.9 Å². The molecule has 2 heterocycles. The molecule has 0 saturated carbocycles. The van der Waals surface area contributed by atoms with Gasteiger partial charge in [0.2, 0.25) is 11.7 Å². The van der Waals surface area contributed by atoms with Gasteiger partial charge in [0.05, 0.1) is 10.9 Å². The van der Waals surface area contributed by atoms with Gasteiger partial charge >= 0.3 is 0 Å². The highest BCUT2D eigenvalue weighted by Crippen LogP contribution is 2.23. The number of pyridine rings is 1. The van der Waals surface area contributed by atoms with Crippen molar-refractivity contribution < 1.29 is 4.73 Å². The Hall–Kier alpha value is -2.10. The van der Waals surface area contributed by atoms with Crippen LogP contribution in [-0.2, 0) is 13.5 Å². The molecule has 0 N–H and O–H groups in total. The van der Waals surface area contributed by atoms with Crippen molar-refractivity contribution in [2.24, 2.45) is 13.0 Å². The van der Waals surface area contributed by atoms with E-state index in [9.17, 15) is 5.21 Å². The molecule has 19 heavy (non-hydrogen) atoms. The fraction of sp³-hybridized carbons (Fsp3) is 0.333. The molecule has 0 aliphatic carbocycles. The molecule has 0 unspecified atom stereocenters. The molecule has 3 aromatic rings. The molecule has 2 aromatic heterocycles. The van der Waals surface area contributed by atoms with E-state index in [1.54, 1.807) is 6.20 Å². The van der Waals surface area contributed by atoms with Crippen LogP contribution in [0.3, 0.4) is 0 Å². The second kappa shape index (κ2) is 4.23. The molecule has 0 saturated heterocycles. The molecule has 4 heteroatoms. The highest BCUT2D eigenvalue weighted by atomic mass is 16.5. The van der Waals surface area contributed by atoms with E-state index < -0.39 is 0 Å². The zero-order chi connectivity index (χ0) is 13.6. The Kier molecular flexibility index (Phi) is 2.66. The normalized spacial score (nSPS) is 11.8. The summed E-state index contributed by atoms with van der Waals surface area (Å²) in [5.41, 5.74) is 2.50. The van der Waals surface area contributed by atoms with Gasteiger partial charge in [0.1, 0.15) is 5.82 Å². The summed E-state index contributed by atoms with van der Waals surface area (Å²) in [5.74, 6) is 1.57. The number of fused-ring (bicyclic) bond motifs is 3. The number of hydrogen-bond donors (Lipinski definition) is 0. The third-order valence-electron chi connectivity index (χ3n) is 3.44. The first-order valence-corrected chi connectivity index (χ1v) is 6.54. The molecular weight excluding hydrogens is 238 g/mol. The Morgan fingerprint density at radius 1 is 1.32 bits per heavy atom. The van der Waals surface area contributed by atoms with Crippen molar-refractivity contribution in [2.75, 3.05) is 0 Å². The van der Waals surface area contributed by atoms with Gasteiger partial charge in [-0.25, -0.2) is 4.98 Å². The number of para-hydroxylation sites is 1. The summed E-state index contributed by atoms with van der Waals surface area (Å²) in [5, 5.41) is 13.0. The first-order valence-electron chi connectivity index (χ1n) is 6.54. The number of rotatable bonds is 2. The van der Waals surface area contributed by atoms with Crippen LogP contribution in [-0.4, -0.2) is 9.55 Å². The number of hydrogen-bond acceptors (Lipinski definition) is 2. The Bertz CT molecular complexity index is 759. The van der Waals surface area contributed by atoms with E-state index in [0.717, 1.165) is 33.4 Å². The minimum absolute atomic E-state index is 0.543. The first kappa shape index (κ1) is 12.0. The zero-order valence-electron chi connectivity index (χ0n) is 11.4. The number of aromatic nitrogens is 3. The lowest BCUT2D eigenvalue weighted by atomic mass is 10.1. The molecule has 0 spiro atoms. The molecule has 0 bridgehead atoms. The van der Waals surface area contributed by atoms with Crippen molar-refractivity contribution in [3.05, 3.63) is 41.5 Å². The van der Waals surface area contributed by atoms with Crippen molar-refractivity contribution in [2.45, 2.75) is 20.3 Å². The van der Waals surface area contributed by atoms with Crippen molar-refractivity contribution in [3.8, 4) is 0 Å². The highest BCUT2D eigenvalue weighted by Gasteiger charge is 2.16. The van der Waals surface area contributed by atoms with Gasteiger partial charge in [-0.05, 0) is 12.0 Å². The molecule has 4 nitrogen and oxygen atoms in total. The van der Waals surface area contributed by atoms with Crippen LogP contribution in [0.15, 0.2) is 30.5 Å². The molecule has 0 radical (unpaired) electrons. The fourth-order valence-electron chi connectivity index (χ4n) is 2.57. The Labute approximate surface area is 111 Å². The lowest BCUT2D eigenvalue weighted by molar-refractivity contribution is -0.575. The van der Waals surface area contributed by atoms with Crippen LogP contribution in [0.25, 0.3) is 21.9 Å². The maximum atomic E-state index is 12.0. The topological polar surface area (TPSA) is 44.8 Å². The van der Waals surface area contributed by atoms with Crippen molar-refractivity contribution in [1.82, 2.24) is 9.55 Å². The molecular formula is C15H17N3O. The summed E-state index contributed by atoms with van der Waals surface area (Å²) in [4.78, 5) is 4.61. The van der Waals surface area contributed by atoms with Crippen molar-refractivity contribution in [3.63, 3.8) is 0 Å². The van der Waals surface area contributed by atoms with Crippen LogP contribution >= 0.6 is 0 Å². The molecule has 0 aliphatic heterocycles. The minimum atomic E-state index is 0.543. The van der Waals surface area contributed by atoms with Crippen LogP contribution in [0.5, 0.6) is 0 Å². The second-order valence-electron chi connectivity index (χ2n) is 5.39. The first-order chi connectivity index (χ1) is 9.08. The van der Waals surface area contributed by atoms with Crippen LogP contribution in [0.1, 0.15) is 19.7 Å². The van der Waals surface area contributed by atoms with Crippen LogP contribution in [0, 0.1) is 11.1 Å². The SMILES string of the molecule is CC(C)Cc1nc2c[n+]([O-])c3ccccc3c2n1C. The summed E-state index contributed by atoms with van der Waals surface area (Å²) in [6, 6.07) is 7.66. The van der Waals surface area contributed by atoms with E-state index in [0.29, 0.717) is 11.4 Å². The molecule has 0 aliphatic rings. The van der Waals surface area contributed by atoms with Crippen molar-refractivity contribution in [1.29, 1.82) is 0 Å². The minimum Gasteiger partial charge on any atom is -0.618 e. The monoisotopic (exact) mass is 255 g/mol. The fourth-order valence-corrected chi connectivity index (χ4v) is 2.57. The largest absolute Gasteiger partial charge is 0.618 e. The van der Waals surface area contributed by atoms with E-state index in [2.05, 4.69) is 23.4 Å². The number of aryl methyl sites for hydroxylation is 1. The maximum absolute atomic E-state index is 12.0. The standard InChI is InChI=1S/C15H17N3O/c1-10(2)8-14-16-12-9-18(19)13-7-5-4-6-11(13)15(12)17(14)3/h4-7,9-10H,8H2,1-3H3. The van der Waals surface area contributed by atoms with Crippen LogP contribution in [0.4, 0.5) is 0 Å². The van der Waals surface area contributed by atoms with Gasteiger partial charge in [-0.3, -0.25) is 0 Å². The quantitative estimate of drug-likeness (QED) is 0.522. The summed E-state index contributed by atoms with van der Waals surface area (Å²) in [6.45, 7) is 4.34. The van der Waals surface area contributed by atoms with Gasteiger partial charge in [0, 0.05) is 19.5 Å². The van der Waals surface area contributed by atoms with E-state index >= 15 is 0 Å². The van der Waals surface area contributed by atoms with E-state index in [4.69, 9.17) is 0 Å². The number of benzene rings is 1. The van der Waals surface area contributed by atoms with E-state index in [-0.39, 0.29) is 0 Å². The van der Waals surface area contributed by atoms with Crippen LogP contribution in [0.2, 0.25) is 0 Å².